The number of hydrogen-bond donors (Lipinski definition) is 1. The Kier molecular flexibility index (Phi) is 7.28. The lowest BCUT2D eigenvalue weighted by molar-refractivity contribution is -0.102. The third kappa shape index (κ3) is 5.37. The lowest BCUT2D eigenvalue weighted by Crippen LogP contribution is -2.33. The molecule has 0 unspecified atom stereocenters. The van der Waals surface area contributed by atoms with Crippen LogP contribution in [0.25, 0.3) is 0 Å². The molecule has 7 nitrogen and oxygen atoms in total. The maximum absolute atomic E-state index is 10.4. The van der Waals surface area contributed by atoms with Crippen molar-refractivity contribution in [3.63, 3.8) is 0 Å². The minimum Gasteiger partial charge on any atom is -0.507 e. The molecule has 0 spiro atoms. The van der Waals surface area contributed by atoms with Gasteiger partial charge in [-0.25, -0.2) is 4.98 Å². The van der Waals surface area contributed by atoms with Gasteiger partial charge in [-0.1, -0.05) is 13.0 Å². The Hall–Kier alpha value is -2.82. The van der Waals surface area contributed by atoms with Crippen LogP contribution < -0.4 is 9.47 Å². The van der Waals surface area contributed by atoms with Crippen molar-refractivity contribution in [1.82, 2.24) is 4.98 Å². The number of pyridine rings is 1. The van der Waals surface area contributed by atoms with Crippen LogP contribution >= 0.6 is 0 Å². The minimum atomic E-state index is -0.139. The smallest absolute Gasteiger partial charge is 0.217 e. The molecule has 29 heavy (non-hydrogen) atoms. The van der Waals surface area contributed by atoms with Gasteiger partial charge in [0.1, 0.15) is 24.2 Å². The maximum atomic E-state index is 10.4. The van der Waals surface area contributed by atoms with E-state index < -0.39 is 0 Å². The van der Waals surface area contributed by atoms with Gasteiger partial charge < -0.3 is 24.1 Å². The molecular weight excluding hydrogens is 372 g/mol. The number of rotatable bonds is 8. The Labute approximate surface area is 170 Å². The molecule has 1 fully saturated rings. The van der Waals surface area contributed by atoms with Gasteiger partial charge in [-0.05, 0) is 37.0 Å². The fraction of sp³-hybridized carbons (Fsp3) is 0.455. The zero-order chi connectivity index (χ0) is 20.6. The second kappa shape index (κ2) is 10.1. The monoisotopic (exact) mass is 398 g/mol. The molecule has 0 radical (unpaired) electrons. The van der Waals surface area contributed by atoms with Gasteiger partial charge in [-0.2, -0.15) is 5.26 Å². The lowest BCUT2D eigenvalue weighted by atomic mass is 9.99. The van der Waals surface area contributed by atoms with Gasteiger partial charge >= 0.3 is 0 Å². The van der Waals surface area contributed by atoms with Crippen LogP contribution in [0.15, 0.2) is 24.3 Å². The summed E-state index contributed by atoms with van der Waals surface area (Å²) in [4.78, 5) is 4.61. The van der Waals surface area contributed by atoms with E-state index in [4.69, 9.17) is 18.9 Å². The van der Waals surface area contributed by atoms with Gasteiger partial charge in [-0.15, -0.1) is 0 Å². The van der Waals surface area contributed by atoms with E-state index in [2.05, 4.69) is 11.1 Å². The molecule has 0 saturated carbocycles. The average Bonchev–Trinajstić information content (AvgIpc) is 2.76. The molecule has 7 heteroatoms. The van der Waals surface area contributed by atoms with Crippen molar-refractivity contribution in [3.05, 3.63) is 46.6 Å². The molecule has 1 atom stereocenters. The van der Waals surface area contributed by atoms with E-state index >= 15 is 0 Å². The van der Waals surface area contributed by atoms with Crippen LogP contribution in [0.4, 0.5) is 0 Å². The van der Waals surface area contributed by atoms with Crippen molar-refractivity contribution in [1.29, 1.82) is 5.26 Å². The van der Waals surface area contributed by atoms with E-state index in [1.807, 2.05) is 19.1 Å². The molecule has 1 N–H and O–H groups in total. The molecule has 1 aromatic heterocycles. The van der Waals surface area contributed by atoms with Gasteiger partial charge in [0.25, 0.3) is 0 Å². The van der Waals surface area contributed by atoms with Crippen LogP contribution in [0.3, 0.4) is 0 Å². The predicted octanol–water partition coefficient (Wildman–Crippen LogP) is 2.81. The topological polar surface area (TPSA) is 93.8 Å². The predicted molar refractivity (Wildman–Crippen MR) is 106 cm³/mol. The number of hydrogen-bond acceptors (Lipinski definition) is 7. The summed E-state index contributed by atoms with van der Waals surface area (Å²) in [6, 6.07) is 9.22. The molecule has 1 aliphatic rings. The normalized spacial score (nSPS) is 16.2. The average molecular weight is 398 g/mol. The highest BCUT2D eigenvalue weighted by Gasteiger charge is 2.17. The van der Waals surface area contributed by atoms with Crippen molar-refractivity contribution in [3.8, 4) is 23.4 Å². The Balaban J connectivity index is 1.73. The zero-order valence-electron chi connectivity index (χ0n) is 16.8. The largest absolute Gasteiger partial charge is 0.507 e. The van der Waals surface area contributed by atoms with Crippen molar-refractivity contribution in [2.24, 2.45) is 0 Å². The summed E-state index contributed by atoms with van der Waals surface area (Å²) in [7, 11) is 1.58. The number of methoxy groups -OCH3 is 1. The minimum absolute atomic E-state index is 0.139. The number of nitriles is 1. The van der Waals surface area contributed by atoms with Gasteiger partial charge in [0.05, 0.1) is 44.3 Å². The summed E-state index contributed by atoms with van der Waals surface area (Å²) >= 11 is 0. The number of aryl methyl sites for hydroxylation is 2. The van der Waals surface area contributed by atoms with Crippen LogP contribution in [0.2, 0.25) is 0 Å². The van der Waals surface area contributed by atoms with E-state index in [0.717, 1.165) is 16.8 Å². The highest BCUT2D eigenvalue weighted by molar-refractivity contribution is 5.44. The summed E-state index contributed by atoms with van der Waals surface area (Å²) in [6.45, 7) is 3.92. The van der Waals surface area contributed by atoms with Crippen molar-refractivity contribution in [2.75, 3.05) is 33.5 Å². The van der Waals surface area contributed by atoms with Gasteiger partial charge in [0.2, 0.25) is 5.88 Å². The summed E-state index contributed by atoms with van der Waals surface area (Å²) in [5, 5.41) is 19.8. The molecule has 2 heterocycles. The summed E-state index contributed by atoms with van der Waals surface area (Å²) in [6.07, 6.45) is 1.72. The fourth-order valence-corrected chi connectivity index (χ4v) is 3.32. The first kappa shape index (κ1) is 20.9. The second-order valence-electron chi connectivity index (χ2n) is 6.77. The lowest BCUT2D eigenvalue weighted by Gasteiger charge is -2.23. The molecule has 0 amide bonds. The molecule has 154 valence electrons. The molecule has 1 aromatic carbocycles. The highest BCUT2D eigenvalue weighted by Crippen LogP contribution is 2.27. The first-order valence-electron chi connectivity index (χ1n) is 9.75. The summed E-state index contributed by atoms with van der Waals surface area (Å²) in [5.74, 6) is 1.18. The third-order valence-electron chi connectivity index (χ3n) is 4.89. The molecule has 1 saturated heterocycles. The number of ether oxygens (including phenoxy) is 4. The quantitative estimate of drug-likeness (QED) is 0.731. The standard InChI is InChI=1S/C22H26N2O5/c1-3-19-20(7-5-15-4-6-17(26-2)10-16(15)12-23)24-22(11-21(19)25)29-14-18-13-27-8-9-28-18/h4,6,10-11,18H,3,5,7-9,13-14H2,1-2H3,(H,24,25)/t18-/m0/s1. The van der Waals surface area contributed by atoms with E-state index in [0.29, 0.717) is 62.9 Å². The summed E-state index contributed by atoms with van der Waals surface area (Å²) < 4.78 is 21.9. The van der Waals surface area contributed by atoms with Crippen LogP contribution in [-0.4, -0.2) is 49.7 Å². The first-order valence-corrected chi connectivity index (χ1v) is 9.75. The van der Waals surface area contributed by atoms with E-state index in [9.17, 15) is 10.4 Å². The van der Waals surface area contributed by atoms with E-state index in [1.165, 1.54) is 0 Å². The maximum Gasteiger partial charge on any atom is 0.217 e. The van der Waals surface area contributed by atoms with Crippen molar-refractivity contribution >= 4 is 0 Å². The number of aromatic nitrogens is 1. The van der Waals surface area contributed by atoms with E-state index in [-0.39, 0.29) is 11.9 Å². The van der Waals surface area contributed by atoms with E-state index in [1.54, 1.807) is 19.2 Å². The first-order chi connectivity index (χ1) is 14.1. The zero-order valence-corrected chi connectivity index (χ0v) is 16.8. The number of benzene rings is 1. The molecule has 3 rings (SSSR count). The van der Waals surface area contributed by atoms with Crippen molar-refractivity contribution in [2.45, 2.75) is 32.3 Å². The SMILES string of the molecule is CCc1c(O)cc(OC[C@@H]2COCCO2)nc1CCc1ccc(OC)cc1C#N. The molecule has 2 aromatic rings. The van der Waals surface area contributed by atoms with Crippen LogP contribution in [0.5, 0.6) is 17.4 Å². The summed E-state index contributed by atoms with van der Waals surface area (Å²) in [5.41, 5.74) is 3.05. The molecule has 1 aliphatic heterocycles. The van der Waals surface area contributed by atoms with Gasteiger partial charge in [-0.3, -0.25) is 0 Å². The second-order valence-corrected chi connectivity index (χ2v) is 6.77. The van der Waals surface area contributed by atoms with Gasteiger partial charge in [0, 0.05) is 11.6 Å². The number of aromatic hydroxyl groups is 1. The van der Waals surface area contributed by atoms with Crippen molar-refractivity contribution < 1.29 is 24.1 Å². The molecule has 0 aliphatic carbocycles. The fourth-order valence-electron chi connectivity index (χ4n) is 3.32. The van der Waals surface area contributed by atoms with Gasteiger partial charge in [0.15, 0.2) is 0 Å². The van der Waals surface area contributed by atoms with Crippen LogP contribution in [0.1, 0.15) is 29.3 Å². The van der Waals surface area contributed by atoms with Crippen LogP contribution in [-0.2, 0) is 28.7 Å². The third-order valence-corrected chi connectivity index (χ3v) is 4.89. The Morgan fingerprint density at radius 1 is 1.28 bits per heavy atom. The Morgan fingerprint density at radius 2 is 2.14 bits per heavy atom. The Bertz CT molecular complexity index is 872. The van der Waals surface area contributed by atoms with Crippen LogP contribution in [0, 0.1) is 11.3 Å². The highest BCUT2D eigenvalue weighted by atomic mass is 16.6. The molecular formula is C22H26N2O5. The number of nitrogens with zero attached hydrogens (tertiary/aromatic N) is 2. The Morgan fingerprint density at radius 3 is 2.83 bits per heavy atom. The molecule has 0 bridgehead atoms.